The lowest BCUT2D eigenvalue weighted by atomic mass is 10.1. The highest BCUT2D eigenvalue weighted by Gasteiger charge is 2.45. The number of hydrogen-bond acceptors (Lipinski definition) is 5. The first kappa shape index (κ1) is 16.8. The highest BCUT2D eigenvalue weighted by molar-refractivity contribution is 5.88. The molecule has 1 saturated carbocycles. The standard InChI is InChI=1S/C14H21N5O2.ClH/c1-18-12(20)6-11(8-17-18)19-5-2-10(9-19)7-16-13(21)14(15)3-4-14;/h6,8,10H,2-5,7,9,15H2,1H3,(H,16,21);1H. The number of nitrogens with two attached hydrogens (primary N) is 1. The van der Waals surface area contributed by atoms with E-state index in [4.69, 9.17) is 5.73 Å². The number of nitrogens with one attached hydrogen (secondary N) is 1. The minimum absolute atomic E-state index is 0. The Morgan fingerprint density at radius 2 is 2.27 bits per heavy atom. The lowest BCUT2D eigenvalue weighted by molar-refractivity contribution is -0.123. The summed E-state index contributed by atoms with van der Waals surface area (Å²) in [5.41, 5.74) is 6.00. The fourth-order valence-electron chi connectivity index (χ4n) is 2.64. The molecule has 1 aliphatic carbocycles. The Labute approximate surface area is 135 Å². The van der Waals surface area contributed by atoms with E-state index in [1.807, 2.05) is 0 Å². The van der Waals surface area contributed by atoms with Crippen LogP contribution in [0.1, 0.15) is 19.3 Å². The van der Waals surface area contributed by atoms with Gasteiger partial charge < -0.3 is 16.0 Å². The van der Waals surface area contributed by atoms with Crippen LogP contribution in [0.5, 0.6) is 0 Å². The van der Waals surface area contributed by atoms with Crippen LogP contribution in [0.25, 0.3) is 0 Å². The van der Waals surface area contributed by atoms with E-state index in [0.717, 1.165) is 38.0 Å². The predicted molar refractivity (Wildman–Crippen MR) is 86.2 cm³/mol. The van der Waals surface area contributed by atoms with Gasteiger partial charge in [-0.1, -0.05) is 0 Å². The summed E-state index contributed by atoms with van der Waals surface area (Å²) in [6, 6.07) is 1.60. The van der Waals surface area contributed by atoms with Crippen LogP contribution in [0.2, 0.25) is 0 Å². The van der Waals surface area contributed by atoms with E-state index in [-0.39, 0.29) is 23.9 Å². The van der Waals surface area contributed by atoms with Crippen molar-refractivity contribution in [2.24, 2.45) is 18.7 Å². The van der Waals surface area contributed by atoms with Crippen molar-refractivity contribution in [3.63, 3.8) is 0 Å². The van der Waals surface area contributed by atoms with E-state index in [1.165, 1.54) is 4.68 Å². The number of carbonyl (C=O) groups is 1. The molecule has 2 fully saturated rings. The molecular weight excluding hydrogens is 306 g/mol. The Hall–Kier alpha value is -1.60. The number of carbonyl (C=O) groups excluding carboxylic acids is 1. The van der Waals surface area contributed by atoms with Crippen molar-refractivity contribution in [3.8, 4) is 0 Å². The van der Waals surface area contributed by atoms with Gasteiger partial charge in [0.2, 0.25) is 5.91 Å². The molecule has 7 nitrogen and oxygen atoms in total. The predicted octanol–water partition coefficient (Wildman–Crippen LogP) is -0.364. The summed E-state index contributed by atoms with van der Waals surface area (Å²) >= 11 is 0. The number of anilines is 1. The molecular formula is C14H22ClN5O2. The third-order valence-corrected chi connectivity index (χ3v) is 4.40. The summed E-state index contributed by atoms with van der Waals surface area (Å²) < 4.78 is 1.31. The molecule has 3 N–H and O–H groups in total. The summed E-state index contributed by atoms with van der Waals surface area (Å²) in [7, 11) is 1.63. The van der Waals surface area contributed by atoms with E-state index < -0.39 is 5.54 Å². The van der Waals surface area contributed by atoms with E-state index in [9.17, 15) is 9.59 Å². The summed E-state index contributed by atoms with van der Waals surface area (Å²) in [5, 5.41) is 6.99. The zero-order chi connectivity index (χ0) is 15.0. The number of aryl methyl sites for hydroxylation is 1. The summed E-state index contributed by atoms with van der Waals surface area (Å²) in [5.74, 6) is 0.358. The quantitative estimate of drug-likeness (QED) is 0.787. The number of amides is 1. The molecule has 1 aromatic rings. The number of rotatable bonds is 4. The number of nitrogens with zero attached hydrogens (tertiary/aromatic N) is 3. The second-order valence-electron chi connectivity index (χ2n) is 6.14. The molecule has 3 rings (SSSR count). The van der Waals surface area contributed by atoms with E-state index in [2.05, 4.69) is 15.3 Å². The molecule has 0 radical (unpaired) electrons. The molecule has 1 saturated heterocycles. The first-order valence-corrected chi connectivity index (χ1v) is 7.33. The monoisotopic (exact) mass is 327 g/mol. The van der Waals surface area contributed by atoms with Gasteiger partial charge in [0.1, 0.15) is 0 Å². The lowest BCUT2D eigenvalue weighted by Gasteiger charge is -2.18. The Balaban J connectivity index is 0.00000176. The van der Waals surface area contributed by atoms with E-state index in [0.29, 0.717) is 12.5 Å². The van der Waals surface area contributed by atoms with Gasteiger partial charge in [-0.05, 0) is 25.2 Å². The number of hydrogen-bond donors (Lipinski definition) is 2. The van der Waals surface area contributed by atoms with Crippen LogP contribution in [0.3, 0.4) is 0 Å². The topological polar surface area (TPSA) is 93.2 Å². The minimum Gasteiger partial charge on any atom is -0.370 e. The van der Waals surface area contributed by atoms with Crippen molar-refractivity contribution >= 4 is 24.0 Å². The second-order valence-corrected chi connectivity index (χ2v) is 6.14. The van der Waals surface area contributed by atoms with Gasteiger partial charge in [0.15, 0.2) is 0 Å². The Bertz CT molecular complexity index is 613. The zero-order valence-electron chi connectivity index (χ0n) is 12.6. The van der Waals surface area contributed by atoms with Crippen LogP contribution in [-0.4, -0.2) is 40.9 Å². The smallest absolute Gasteiger partial charge is 0.268 e. The van der Waals surface area contributed by atoms with Crippen molar-refractivity contribution in [3.05, 3.63) is 22.6 Å². The van der Waals surface area contributed by atoms with Crippen LogP contribution in [0.4, 0.5) is 5.69 Å². The molecule has 2 heterocycles. The van der Waals surface area contributed by atoms with Crippen LogP contribution in [0, 0.1) is 5.92 Å². The molecule has 0 bridgehead atoms. The summed E-state index contributed by atoms with van der Waals surface area (Å²) in [6.45, 7) is 2.35. The maximum Gasteiger partial charge on any atom is 0.268 e. The van der Waals surface area contributed by atoms with Gasteiger partial charge in [0, 0.05) is 32.7 Å². The molecule has 1 amide bonds. The van der Waals surface area contributed by atoms with Gasteiger partial charge in [-0.3, -0.25) is 9.59 Å². The van der Waals surface area contributed by atoms with Gasteiger partial charge in [-0.15, -0.1) is 12.4 Å². The summed E-state index contributed by atoms with van der Waals surface area (Å²) in [4.78, 5) is 25.6. The van der Waals surface area contributed by atoms with Gasteiger partial charge in [-0.2, -0.15) is 5.10 Å². The second kappa shape index (κ2) is 6.26. The lowest BCUT2D eigenvalue weighted by Crippen LogP contribution is -2.44. The Kier molecular flexibility index (Phi) is 4.77. The molecule has 8 heteroatoms. The highest BCUT2D eigenvalue weighted by Crippen LogP contribution is 2.32. The molecule has 22 heavy (non-hydrogen) atoms. The van der Waals surface area contributed by atoms with Crippen molar-refractivity contribution in [1.82, 2.24) is 15.1 Å². The Morgan fingerprint density at radius 1 is 1.55 bits per heavy atom. The molecule has 1 aromatic heterocycles. The fraction of sp³-hybridized carbons (Fsp3) is 0.643. The maximum atomic E-state index is 11.8. The van der Waals surface area contributed by atoms with Crippen molar-refractivity contribution in [2.45, 2.75) is 24.8 Å². The first-order chi connectivity index (χ1) is 9.98. The molecule has 0 aromatic carbocycles. The van der Waals surface area contributed by atoms with Crippen LogP contribution in [0.15, 0.2) is 17.1 Å². The Morgan fingerprint density at radius 3 is 2.91 bits per heavy atom. The molecule has 1 unspecified atom stereocenters. The molecule has 0 spiro atoms. The van der Waals surface area contributed by atoms with Gasteiger partial charge in [0.05, 0.1) is 17.4 Å². The minimum atomic E-state index is -0.603. The normalized spacial score (nSPS) is 22.1. The van der Waals surface area contributed by atoms with Gasteiger partial charge in [0.25, 0.3) is 5.56 Å². The van der Waals surface area contributed by atoms with E-state index >= 15 is 0 Å². The van der Waals surface area contributed by atoms with Gasteiger partial charge >= 0.3 is 0 Å². The van der Waals surface area contributed by atoms with Crippen molar-refractivity contribution in [1.29, 1.82) is 0 Å². The third kappa shape index (κ3) is 3.41. The van der Waals surface area contributed by atoms with Gasteiger partial charge in [-0.25, -0.2) is 4.68 Å². The van der Waals surface area contributed by atoms with Crippen LogP contribution in [-0.2, 0) is 11.8 Å². The number of halogens is 1. The van der Waals surface area contributed by atoms with Crippen LogP contribution >= 0.6 is 12.4 Å². The van der Waals surface area contributed by atoms with Crippen LogP contribution < -0.4 is 21.5 Å². The molecule has 122 valence electrons. The molecule has 1 aliphatic heterocycles. The number of aromatic nitrogens is 2. The highest BCUT2D eigenvalue weighted by atomic mass is 35.5. The largest absolute Gasteiger partial charge is 0.370 e. The maximum absolute atomic E-state index is 11.8. The average molecular weight is 328 g/mol. The fourth-order valence-corrected chi connectivity index (χ4v) is 2.64. The third-order valence-electron chi connectivity index (χ3n) is 4.40. The van der Waals surface area contributed by atoms with E-state index in [1.54, 1.807) is 19.3 Å². The average Bonchev–Trinajstić information content (AvgIpc) is 3.04. The SMILES string of the molecule is Cl.Cn1ncc(N2CCC(CNC(=O)C3(N)CC3)C2)cc1=O. The zero-order valence-corrected chi connectivity index (χ0v) is 13.4. The van der Waals surface area contributed by atoms with Crippen molar-refractivity contribution in [2.75, 3.05) is 24.5 Å². The first-order valence-electron chi connectivity index (χ1n) is 7.33. The van der Waals surface area contributed by atoms with Crippen molar-refractivity contribution < 1.29 is 4.79 Å². The summed E-state index contributed by atoms with van der Waals surface area (Å²) in [6.07, 6.45) is 4.28. The molecule has 2 aliphatic rings. The molecule has 1 atom stereocenters.